The van der Waals surface area contributed by atoms with Gasteiger partial charge in [-0.1, -0.05) is 18.2 Å². The van der Waals surface area contributed by atoms with E-state index in [4.69, 9.17) is 4.74 Å². The van der Waals surface area contributed by atoms with E-state index in [0.717, 1.165) is 10.8 Å². The molecule has 1 aromatic heterocycles. The van der Waals surface area contributed by atoms with Crippen LogP contribution in [0.2, 0.25) is 0 Å². The summed E-state index contributed by atoms with van der Waals surface area (Å²) in [6, 6.07) is 18.4. The van der Waals surface area contributed by atoms with Gasteiger partial charge >= 0.3 is 0 Å². The number of anilines is 1. The summed E-state index contributed by atoms with van der Waals surface area (Å²) in [5, 5.41) is 15.0. The van der Waals surface area contributed by atoms with E-state index in [1.54, 1.807) is 35.6 Å². The minimum Gasteiger partial charge on any atom is -0.457 e. The molecule has 2 aromatic carbocycles. The van der Waals surface area contributed by atoms with Crippen LogP contribution in [0.25, 0.3) is 6.08 Å². The summed E-state index contributed by atoms with van der Waals surface area (Å²) < 4.78 is 5.73. The van der Waals surface area contributed by atoms with Gasteiger partial charge in [0.05, 0.1) is 10.7 Å². The minimum absolute atomic E-state index is 0.0252. The Hall–Kier alpha value is -3.43. The molecule has 0 radical (unpaired) electrons. The van der Waals surface area contributed by atoms with Crippen LogP contribution < -0.4 is 10.1 Å². The maximum absolute atomic E-state index is 12.4. The molecule has 0 atom stereocenters. The highest BCUT2D eigenvalue weighted by Crippen LogP contribution is 2.41. The number of carbonyl (C=O) groups is 1. The lowest BCUT2D eigenvalue weighted by molar-refractivity contribution is -0.112. The van der Waals surface area contributed by atoms with Crippen molar-refractivity contribution in [2.75, 3.05) is 5.32 Å². The van der Waals surface area contributed by atoms with Crippen molar-refractivity contribution in [3.63, 3.8) is 0 Å². The van der Waals surface area contributed by atoms with Crippen molar-refractivity contribution in [2.24, 2.45) is 0 Å². The fourth-order valence-electron chi connectivity index (χ4n) is 2.61. The van der Waals surface area contributed by atoms with Crippen LogP contribution in [0.5, 0.6) is 11.5 Å². The molecule has 1 aliphatic carbocycles. The Labute approximate surface area is 166 Å². The highest BCUT2D eigenvalue weighted by Gasteiger charge is 2.26. The average Bonchev–Trinajstić information content (AvgIpc) is 3.47. The van der Waals surface area contributed by atoms with Crippen molar-refractivity contribution < 1.29 is 9.53 Å². The average molecular weight is 387 g/mol. The SMILES string of the molecule is N#C/C(=C/c1csc(C2CC2)n1)C(=O)Nc1ccc(Oc2ccccc2)cc1. The number of aromatic nitrogens is 1. The van der Waals surface area contributed by atoms with E-state index in [9.17, 15) is 10.1 Å². The van der Waals surface area contributed by atoms with Crippen LogP contribution in [0.4, 0.5) is 5.69 Å². The molecule has 28 heavy (non-hydrogen) atoms. The van der Waals surface area contributed by atoms with Gasteiger partial charge in [-0.2, -0.15) is 5.26 Å². The van der Waals surface area contributed by atoms with Gasteiger partial charge in [-0.3, -0.25) is 4.79 Å². The molecule has 0 spiro atoms. The molecule has 1 N–H and O–H groups in total. The summed E-state index contributed by atoms with van der Waals surface area (Å²) in [4.78, 5) is 16.9. The predicted octanol–water partition coefficient (Wildman–Crippen LogP) is 5.36. The van der Waals surface area contributed by atoms with Crippen molar-refractivity contribution >= 4 is 29.0 Å². The standard InChI is InChI=1S/C22H17N3O2S/c23-13-16(12-18-14-28-22(25-18)15-6-7-15)21(26)24-17-8-10-20(11-9-17)27-19-4-2-1-3-5-19/h1-5,8-12,14-15H,6-7H2,(H,24,26)/b16-12-. The third-order valence-corrected chi connectivity index (χ3v) is 5.24. The monoisotopic (exact) mass is 387 g/mol. The highest BCUT2D eigenvalue weighted by atomic mass is 32.1. The molecule has 4 rings (SSSR count). The largest absolute Gasteiger partial charge is 0.457 e. The van der Waals surface area contributed by atoms with Gasteiger partial charge in [-0.15, -0.1) is 11.3 Å². The summed E-state index contributed by atoms with van der Waals surface area (Å²) in [5.41, 5.74) is 1.27. The fraction of sp³-hybridized carbons (Fsp3) is 0.136. The minimum atomic E-state index is -0.458. The first-order chi connectivity index (χ1) is 13.7. The zero-order valence-electron chi connectivity index (χ0n) is 15.0. The third kappa shape index (κ3) is 4.45. The van der Waals surface area contributed by atoms with Crippen LogP contribution in [0.3, 0.4) is 0 Å². The topological polar surface area (TPSA) is 75.0 Å². The summed E-state index contributed by atoms with van der Waals surface area (Å²) in [6.07, 6.45) is 3.88. The molecule has 138 valence electrons. The number of ether oxygens (including phenoxy) is 1. The maximum atomic E-state index is 12.4. The second kappa shape index (κ2) is 8.07. The van der Waals surface area contributed by atoms with Crippen LogP contribution in [0.1, 0.15) is 29.5 Å². The molecule has 0 unspecified atom stereocenters. The Balaban J connectivity index is 1.41. The number of nitrogens with one attached hydrogen (secondary N) is 1. The smallest absolute Gasteiger partial charge is 0.266 e. The zero-order chi connectivity index (χ0) is 19.3. The molecule has 0 saturated heterocycles. The molecular formula is C22H17N3O2S. The molecular weight excluding hydrogens is 370 g/mol. The lowest BCUT2D eigenvalue weighted by atomic mass is 10.2. The fourth-order valence-corrected chi connectivity index (χ4v) is 3.56. The van der Waals surface area contributed by atoms with E-state index >= 15 is 0 Å². The van der Waals surface area contributed by atoms with Gasteiger partial charge in [-0.25, -0.2) is 4.98 Å². The zero-order valence-corrected chi connectivity index (χ0v) is 15.8. The Morgan fingerprint density at radius 3 is 2.54 bits per heavy atom. The summed E-state index contributed by atoms with van der Waals surface area (Å²) in [5.74, 6) is 1.50. The van der Waals surface area contributed by atoms with Crippen LogP contribution in [0, 0.1) is 11.3 Å². The lowest BCUT2D eigenvalue weighted by Crippen LogP contribution is -2.13. The van der Waals surface area contributed by atoms with Crippen LogP contribution in [0.15, 0.2) is 65.6 Å². The van der Waals surface area contributed by atoms with E-state index in [1.807, 2.05) is 41.8 Å². The predicted molar refractivity (Wildman–Crippen MR) is 109 cm³/mol. The number of nitriles is 1. The number of nitrogens with zero attached hydrogens (tertiary/aromatic N) is 2. The Bertz CT molecular complexity index is 1050. The van der Waals surface area contributed by atoms with Gasteiger partial charge in [0.25, 0.3) is 5.91 Å². The summed E-state index contributed by atoms with van der Waals surface area (Å²) in [6.45, 7) is 0. The number of benzene rings is 2. The van der Waals surface area contributed by atoms with E-state index in [1.165, 1.54) is 18.9 Å². The summed E-state index contributed by atoms with van der Waals surface area (Å²) in [7, 11) is 0. The van der Waals surface area contributed by atoms with Crippen molar-refractivity contribution in [2.45, 2.75) is 18.8 Å². The van der Waals surface area contributed by atoms with Gasteiger partial charge in [0.15, 0.2) is 0 Å². The Kier molecular flexibility index (Phi) is 5.18. The normalized spacial score (nSPS) is 13.6. The highest BCUT2D eigenvalue weighted by molar-refractivity contribution is 7.09. The van der Waals surface area contributed by atoms with Crippen LogP contribution in [-0.4, -0.2) is 10.9 Å². The van der Waals surface area contributed by atoms with Crippen molar-refractivity contribution in [1.82, 2.24) is 4.98 Å². The number of rotatable bonds is 6. The number of hydrogen-bond donors (Lipinski definition) is 1. The van der Waals surface area contributed by atoms with Gasteiger partial charge in [-0.05, 0) is 55.3 Å². The van der Waals surface area contributed by atoms with Gasteiger partial charge < -0.3 is 10.1 Å². The molecule has 1 amide bonds. The number of thiazole rings is 1. The Morgan fingerprint density at radius 1 is 1.14 bits per heavy atom. The van der Waals surface area contributed by atoms with E-state index < -0.39 is 5.91 Å². The van der Waals surface area contributed by atoms with E-state index in [2.05, 4.69) is 10.3 Å². The molecule has 1 fully saturated rings. The van der Waals surface area contributed by atoms with Gasteiger partial charge in [0, 0.05) is 17.0 Å². The Morgan fingerprint density at radius 2 is 1.86 bits per heavy atom. The quantitative estimate of drug-likeness (QED) is 0.456. The van der Waals surface area contributed by atoms with Gasteiger partial charge in [0.2, 0.25) is 0 Å². The number of carbonyl (C=O) groups excluding carboxylic acids is 1. The maximum Gasteiger partial charge on any atom is 0.266 e. The van der Waals surface area contributed by atoms with Gasteiger partial charge in [0.1, 0.15) is 23.1 Å². The summed E-state index contributed by atoms with van der Waals surface area (Å²) >= 11 is 1.58. The molecule has 6 heteroatoms. The van der Waals surface area contributed by atoms with Crippen molar-refractivity contribution in [3.05, 3.63) is 76.3 Å². The number of hydrogen-bond acceptors (Lipinski definition) is 5. The second-order valence-electron chi connectivity index (χ2n) is 6.45. The molecule has 1 saturated carbocycles. The first-order valence-electron chi connectivity index (χ1n) is 8.93. The molecule has 1 heterocycles. The first-order valence-corrected chi connectivity index (χ1v) is 9.81. The molecule has 3 aromatic rings. The molecule has 0 aliphatic heterocycles. The van der Waals surface area contributed by atoms with Crippen LogP contribution in [-0.2, 0) is 4.79 Å². The molecule has 0 bridgehead atoms. The lowest BCUT2D eigenvalue weighted by Gasteiger charge is -2.07. The molecule has 5 nitrogen and oxygen atoms in total. The van der Waals surface area contributed by atoms with Crippen LogP contribution >= 0.6 is 11.3 Å². The second-order valence-corrected chi connectivity index (χ2v) is 7.34. The van der Waals surface area contributed by atoms with E-state index in [0.29, 0.717) is 23.0 Å². The van der Waals surface area contributed by atoms with Crippen molar-refractivity contribution in [1.29, 1.82) is 5.26 Å². The van der Waals surface area contributed by atoms with E-state index in [-0.39, 0.29) is 5.57 Å². The number of amides is 1. The third-order valence-electron chi connectivity index (χ3n) is 4.21. The first kappa shape index (κ1) is 18.0. The van der Waals surface area contributed by atoms with Crippen molar-refractivity contribution in [3.8, 4) is 17.6 Å². The number of para-hydroxylation sites is 1. The molecule has 1 aliphatic rings.